The molecule has 3 aliphatic heterocycles. The van der Waals surface area contributed by atoms with Crippen molar-refractivity contribution in [1.29, 1.82) is 0 Å². The molecule has 4 rings (SSSR count). The SMILES string of the molecule is O=C1Nc2ccc(S(=O)(=O)N3CCCC3)cc2C12OCCCO2. The van der Waals surface area contributed by atoms with E-state index in [9.17, 15) is 13.2 Å². The lowest BCUT2D eigenvalue weighted by Crippen LogP contribution is -2.43. The Balaban J connectivity index is 1.78. The summed E-state index contributed by atoms with van der Waals surface area (Å²) in [5.41, 5.74) is 0.986. The highest BCUT2D eigenvalue weighted by Crippen LogP contribution is 2.42. The molecular weight excluding hydrogens is 320 g/mol. The van der Waals surface area contributed by atoms with Crippen molar-refractivity contribution in [3.63, 3.8) is 0 Å². The van der Waals surface area contributed by atoms with E-state index in [-0.39, 0.29) is 4.90 Å². The van der Waals surface area contributed by atoms with Crippen molar-refractivity contribution in [2.75, 3.05) is 31.6 Å². The Morgan fingerprint density at radius 3 is 2.48 bits per heavy atom. The first-order valence-electron chi connectivity index (χ1n) is 7.78. The lowest BCUT2D eigenvalue weighted by atomic mass is 10.1. The molecule has 0 aromatic heterocycles. The first kappa shape index (κ1) is 15.1. The molecule has 0 aliphatic carbocycles. The average Bonchev–Trinajstić information content (AvgIpc) is 3.17. The molecule has 1 spiro atoms. The molecule has 1 N–H and O–H groups in total. The Morgan fingerprint density at radius 1 is 1.09 bits per heavy atom. The minimum atomic E-state index is -3.55. The minimum absolute atomic E-state index is 0.173. The number of hydrogen-bond acceptors (Lipinski definition) is 5. The second kappa shape index (κ2) is 5.27. The molecule has 0 radical (unpaired) electrons. The van der Waals surface area contributed by atoms with Gasteiger partial charge in [-0.25, -0.2) is 8.42 Å². The monoisotopic (exact) mass is 338 g/mol. The van der Waals surface area contributed by atoms with Crippen LogP contribution in [0.1, 0.15) is 24.8 Å². The van der Waals surface area contributed by atoms with E-state index in [1.807, 2.05) is 0 Å². The van der Waals surface area contributed by atoms with Crippen LogP contribution in [-0.2, 0) is 30.1 Å². The normalized spacial score (nSPS) is 23.9. The molecule has 7 nitrogen and oxygen atoms in total. The molecule has 2 saturated heterocycles. The van der Waals surface area contributed by atoms with E-state index < -0.39 is 21.7 Å². The maximum Gasteiger partial charge on any atom is 0.289 e. The number of anilines is 1. The smallest absolute Gasteiger partial charge is 0.289 e. The van der Waals surface area contributed by atoms with Gasteiger partial charge in [-0.15, -0.1) is 0 Å². The summed E-state index contributed by atoms with van der Waals surface area (Å²) >= 11 is 0. The van der Waals surface area contributed by atoms with E-state index in [0.29, 0.717) is 44.0 Å². The van der Waals surface area contributed by atoms with Crippen LogP contribution in [0.2, 0.25) is 0 Å². The minimum Gasteiger partial charge on any atom is -0.338 e. The number of hydrogen-bond donors (Lipinski definition) is 1. The summed E-state index contributed by atoms with van der Waals surface area (Å²) in [7, 11) is -3.55. The fourth-order valence-corrected chi connectivity index (χ4v) is 4.83. The summed E-state index contributed by atoms with van der Waals surface area (Å²) < 4.78 is 38.2. The van der Waals surface area contributed by atoms with Gasteiger partial charge in [0.05, 0.1) is 23.8 Å². The van der Waals surface area contributed by atoms with Crippen LogP contribution in [0.15, 0.2) is 23.1 Å². The van der Waals surface area contributed by atoms with Crippen LogP contribution in [0.4, 0.5) is 5.69 Å². The number of ether oxygens (including phenoxy) is 2. The summed E-state index contributed by atoms with van der Waals surface area (Å²) in [4.78, 5) is 12.5. The van der Waals surface area contributed by atoms with Gasteiger partial charge in [0.2, 0.25) is 10.0 Å². The first-order chi connectivity index (χ1) is 11.0. The molecular formula is C15H18N2O5S. The average molecular weight is 338 g/mol. The maximum atomic E-state index is 12.7. The van der Waals surface area contributed by atoms with E-state index in [2.05, 4.69) is 5.32 Å². The topological polar surface area (TPSA) is 84.9 Å². The van der Waals surface area contributed by atoms with Gasteiger partial charge >= 0.3 is 0 Å². The first-order valence-corrected chi connectivity index (χ1v) is 9.22. The molecule has 3 aliphatic rings. The third kappa shape index (κ3) is 2.20. The van der Waals surface area contributed by atoms with Crippen LogP contribution < -0.4 is 5.32 Å². The Kier molecular flexibility index (Phi) is 3.45. The van der Waals surface area contributed by atoms with Gasteiger partial charge in [-0.3, -0.25) is 4.79 Å². The van der Waals surface area contributed by atoms with Crippen LogP contribution in [0.5, 0.6) is 0 Å². The second-order valence-electron chi connectivity index (χ2n) is 5.94. The van der Waals surface area contributed by atoms with E-state index in [1.165, 1.54) is 16.4 Å². The summed E-state index contributed by atoms with van der Waals surface area (Å²) in [6.45, 7) is 1.87. The number of nitrogens with one attached hydrogen (secondary N) is 1. The van der Waals surface area contributed by atoms with Crippen molar-refractivity contribution in [3.05, 3.63) is 23.8 Å². The largest absolute Gasteiger partial charge is 0.338 e. The highest BCUT2D eigenvalue weighted by Gasteiger charge is 2.51. The zero-order valence-electron chi connectivity index (χ0n) is 12.6. The van der Waals surface area contributed by atoms with Crippen LogP contribution in [0.3, 0.4) is 0 Å². The van der Waals surface area contributed by atoms with Crippen molar-refractivity contribution in [3.8, 4) is 0 Å². The van der Waals surface area contributed by atoms with Gasteiger partial charge in [0.1, 0.15) is 0 Å². The van der Waals surface area contributed by atoms with E-state index >= 15 is 0 Å². The Hall–Kier alpha value is -1.48. The lowest BCUT2D eigenvalue weighted by molar-refractivity contribution is -0.255. The highest BCUT2D eigenvalue weighted by molar-refractivity contribution is 7.89. The predicted octanol–water partition coefficient (Wildman–Crippen LogP) is 1.01. The molecule has 0 atom stereocenters. The van der Waals surface area contributed by atoms with Crippen molar-refractivity contribution < 1.29 is 22.7 Å². The van der Waals surface area contributed by atoms with Crippen LogP contribution in [0, 0.1) is 0 Å². The lowest BCUT2D eigenvalue weighted by Gasteiger charge is -2.31. The standard InChI is InChI=1S/C15H18N2O5S/c18-14-15(21-8-3-9-22-15)12-10-11(4-5-13(12)16-14)23(19,20)17-6-1-2-7-17/h4-5,10H,1-3,6-9H2,(H,16,18). The van der Waals surface area contributed by atoms with Gasteiger partial charge in [0.15, 0.2) is 0 Å². The molecule has 0 unspecified atom stereocenters. The summed E-state index contributed by atoms with van der Waals surface area (Å²) in [6.07, 6.45) is 2.46. The fourth-order valence-electron chi connectivity index (χ4n) is 3.29. The number of sulfonamides is 1. The van der Waals surface area contributed by atoms with E-state index in [4.69, 9.17) is 9.47 Å². The maximum absolute atomic E-state index is 12.7. The third-order valence-electron chi connectivity index (χ3n) is 4.49. The summed E-state index contributed by atoms with van der Waals surface area (Å²) in [6, 6.07) is 4.63. The van der Waals surface area contributed by atoms with Gasteiger partial charge in [0.25, 0.3) is 11.7 Å². The van der Waals surface area contributed by atoms with Crippen molar-refractivity contribution in [1.82, 2.24) is 4.31 Å². The molecule has 1 amide bonds. The second-order valence-corrected chi connectivity index (χ2v) is 7.88. The number of carbonyl (C=O) groups is 1. The number of rotatable bonds is 2. The van der Waals surface area contributed by atoms with Gasteiger partial charge < -0.3 is 14.8 Å². The molecule has 3 heterocycles. The van der Waals surface area contributed by atoms with Gasteiger partial charge in [0, 0.05) is 18.7 Å². The Bertz CT molecular complexity index is 749. The molecule has 23 heavy (non-hydrogen) atoms. The number of benzene rings is 1. The Morgan fingerprint density at radius 2 is 1.78 bits per heavy atom. The zero-order valence-corrected chi connectivity index (χ0v) is 13.4. The molecule has 8 heteroatoms. The number of fused-ring (bicyclic) bond motifs is 2. The quantitative estimate of drug-likeness (QED) is 0.870. The fraction of sp³-hybridized carbons (Fsp3) is 0.533. The van der Waals surface area contributed by atoms with Gasteiger partial charge in [-0.1, -0.05) is 0 Å². The number of amides is 1. The summed E-state index contributed by atoms with van der Waals surface area (Å²) in [5, 5.41) is 2.71. The highest BCUT2D eigenvalue weighted by atomic mass is 32.2. The van der Waals surface area contributed by atoms with Crippen LogP contribution in [0.25, 0.3) is 0 Å². The zero-order chi connectivity index (χ0) is 16.1. The summed E-state index contributed by atoms with van der Waals surface area (Å²) in [5.74, 6) is -1.91. The van der Waals surface area contributed by atoms with Gasteiger partial charge in [-0.2, -0.15) is 4.31 Å². The van der Waals surface area contributed by atoms with Crippen LogP contribution in [-0.4, -0.2) is 44.9 Å². The third-order valence-corrected chi connectivity index (χ3v) is 6.39. The number of carbonyl (C=O) groups excluding carboxylic acids is 1. The van der Waals surface area contributed by atoms with Gasteiger partial charge in [-0.05, 0) is 37.5 Å². The van der Waals surface area contributed by atoms with Crippen molar-refractivity contribution in [2.45, 2.75) is 29.9 Å². The molecule has 124 valence electrons. The van der Waals surface area contributed by atoms with Crippen molar-refractivity contribution in [2.24, 2.45) is 0 Å². The van der Waals surface area contributed by atoms with E-state index in [1.54, 1.807) is 6.07 Å². The molecule has 0 saturated carbocycles. The molecule has 1 aromatic rings. The van der Waals surface area contributed by atoms with Crippen LogP contribution >= 0.6 is 0 Å². The molecule has 1 aromatic carbocycles. The van der Waals surface area contributed by atoms with E-state index in [0.717, 1.165) is 12.8 Å². The Labute approximate surface area is 134 Å². The molecule has 2 fully saturated rings. The predicted molar refractivity (Wildman–Crippen MR) is 81.3 cm³/mol. The number of nitrogens with zero attached hydrogens (tertiary/aromatic N) is 1. The van der Waals surface area contributed by atoms with Crippen molar-refractivity contribution >= 4 is 21.6 Å². The molecule has 0 bridgehead atoms.